The molecule has 2 aromatic rings. The van der Waals surface area contributed by atoms with E-state index in [4.69, 9.17) is 4.74 Å². The lowest BCUT2D eigenvalue weighted by molar-refractivity contribution is 0.452. The van der Waals surface area contributed by atoms with Gasteiger partial charge in [0, 0.05) is 36.7 Å². The number of guanidine groups is 1. The van der Waals surface area contributed by atoms with Crippen molar-refractivity contribution < 1.29 is 17.5 Å². The van der Waals surface area contributed by atoms with Crippen LogP contribution in [-0.2, 0) is 16.4 Å². The van der Waals surface area contributed by atoms with Gasteiger partial charge in [-0.3, -0.25) is 0 Å². The highest BCUT2D eigenvalue weighted by molar-refractivity contribution is 14.0. The Bertz CT molecular complexity index is 941. The Morgan fingerprint density at radius 3 is 2.73 bits per heavy atom. The number of aliphatic imine (C=N–C) groups is 1. The Balaban J connectivity index is 0.00000450. The molecule has 0 radical (unpaired) electrons. The Morgan fingerprint density at radius 2 is 2.07 bits per heavy atom. The van der Waals surface area contributed by atoms with Crippen molar-refractivity contribution in [1.29, 1.82) is 0 Å². The second kappa shape index (κ2) is 12.7. The molecule has 1 unspecified atom stereocenters. The normalized spacial score (nSPS) is 12.6. The summed E-state index contributed by atoms with van der Waals surface area (Å²) >= 11 is 0. The van der Waals surface area contributed by atoms with E-state index < -0.39 is 9.84 Å². The molecule has 2 rings (SSSR count). The maximum Gasteiger partial charge on any atom is 0.224 e. The van der Waals surface area contributed by atoms with Crippen LogP contribution in [0.3, 0.4) is 0 Å². The number of nitrogens with one attached hydrogen (secondary N) is 2. The summed E-state index contributed by atoms with van der Waals surface area (Å²) in [5, 5.41) is 6.34. The van der Waals surface area contributed by atoms with Gasteiger partial charge in [-0.2, -0.15) is 0 Å². The number of ether oxygens (including phenoxy) is 1. The summed E-state index contributed by atoms with van der Waals surface area (Å²) in [6, 6.07) is 9.39. The van der Waals surface area contributed by atoms with Gasteiger partial charge in [0.2, 0.25) is 5.88 Å². The zero-order valence-electron chi connectivity index (χ0n) is 17.3. The average molecular weight is 550 g/mol. The molecule has 2 N–H and O–H groups in total. The molecule has 1 heterocycles. The van der Waals surface area contributed by atoms with Crippen LogP contribution in [-0.4, -0.2) is 44.0 Å². The highest BCUT2D eigenvalue weighted by Gasteiger charge is 2.11. The van der Waals surface area contributed by atoms with Gasteiger partial charge in [0.1, 0.15) is 21.4 Å². The lowest BCUT2D eigenvalue weighted by atomic mass is 10.2. The van der Waals surface area contributed by atoms with Crippen molar-refractivity contribution in [2.75, 3.05) is 18.6 Å². The molecule has 0 amide bonds. The van der Waals surface area contributed by atoms with E-state index in [0.717, 1.165) is 5.56 Å². The number of pyridine rings is 1. The molecule has 0 spiro atoms. The molecular formula is C20H28FIN4O3S. The Labute approximate surface area is 194 Å². The molecule has 0 aliphatic rings. The lowest BCUT2D eigenvalue weighted by Crippen LogP contribution is -2.42. The number of hydrogen-bond acceptors (Lipinski definition) is 5. The number of rotatable bonds is 9. The minimum atomic E-state index is -3.01. The van der Waals surface area contributed by atoms with Crippen LogP contribution in [0.1, 0.15) is 25.8 Å². The monoisotopic (exact) mass is 550 g/mol. The highest BCUT2D eigenvalue weighted by Crippen LogP contribution is 2.23. The van der Waals surface area contributed by atoms with E-state index >= 15 is 0 Å². The number of halogens is 2. The maximum atomic E-state index is 13.4. The molecule has 0 saturated heterocycles. The molecular weight excluding hydrogens is 522 g/mol. The van der Waals surface area contributed by atoms with Crippen LogP contribution < -0.4 is 15.4 Å². The van der Waals surface area contributed by atoms with Crippen LogP contribution in [0.15, 0.2) is 47.6 Å². The summed E-state index contributed by atoms with van der Waals surface area (Å²) in [5.41, 5.74) is 0.734. The number of nitrogens with zero attached hydrogens (tertiary/aromatic N) is 2. The van der Waals surface area contributed by atoms with Crippen LogP contribution >= 0.6 is 24.0 Å². The first-order valence-corrected chi connectivity index (χ1v) is 11.4. The molecule has 0 aliphatic carbocycles. The van der Waals surface area contributed by atoms with Crippen molar-refractivity contribution in [2.45, 2.75) is 32.9 Å². The van der Waals surface area contributed by atoms with Gasteiger partial charge in [-0.1, -0.05) is 12.1 Å². The standard InChI is InChI=1S/C20H27FN4O3S.HI/c1-4-22-20(25-15(2)10-12-29(3,26)27)24-14-16-7-6-11-23-19(16)28-18-9-5-8-17(21)13-18;/h5-9,11,13,15H,4,10,12,14H2,1-3H3,(H2,22,24,25);1H. The van der Waals surface area contributed by atoms with Crippen LogP contribution in [0.5, 0.6) is 11.6 Å². The van der Waals surface area contributed by atoms with Crippen molar-refractivity contribution in [2.24, 2.45) is 4.99 Å². The van der Waals surface area contributed by atoms with E-state index in [2.05, 4.69) is 20.6 Å². The third-order valence-electron chi connectivity index (χ3n) is 3.92. The highest BCUT2D eigenvalue weighted by atomic mass is 127. The predicted molar refractivity (Wildman–Crippen MR) is 128 cm³/mol. The smallest absolute Gasteiger partial charge is 0.224 e. The van der Waals surface area contributed by atoms with Crippen molar-refractivity contribution in [3.05, 3.63) is 54.0 Å². The minimum Gasteiger partial charge on any atom is -0.439 e. The van der Waals surface area contributed by atoms with Crippen molar-refractivity contribution in [3.8, 4) is 11.6 Å². The molecule has 0 aliphatic heterocycles. The molecule has 30 heavy (non-hydrogen) atoms. The molecule has 1 atom stereocenters. The van der Waals surface area contributed by atoms with E-state index in [1.165, 1.54) is 18.4 Å². The summed E-state index contributed by atoms with van der Waals surface area (Å²) in [6.07, 6.45) is 3.30. The van der Waals surface area contributed by atoms with Gasteiger partial charge < -0.3 is 15.4 Å². The largest absolute Gasteiger partial charge is 0.439 e. The molecule has 1 aromatic carbocycles. The fourth-order valence-electron chi connectivity index (χ4n) is 2.46. The number of benzene rings is 1. The van der Waals surface area contributed by atoms with Crippen molar-refractivity contribution in [1.82, 2.24) is 15.6 Å². The van der Waals surface area contributed by atoms with Gasteiger partial charge in [0.25, 0.3) is 0 Å². The molecule has 0 bridgehead atoms. The SMILES string of the molecule is CCNC(=NCc1cccnc1Oc1cccc(F)c1)NC(C)CCS(C)(=O)=O.I. The van der Waals surface area contributed by atoms with Crippen molar-refractivity contribution in [3.63, 3.8) is 0 Å². The third kappa shape index (κ3) is 9.70. The maximum absolute atomic E-state index is 13.4. The number of sulfone groups is 1. The van der Waals surface area contributed by atoms with Gasteiger partial charge in [0.15, 0.2) is 5.96 Å². The summed E-state index contributed by atoms with van der Waals surface area (Å²) < 4.78 is 41.8. The Morgan fingerprint density at radius 1 is 1.30 bits per heavy atom. The predicted octanol–water partition coefficient (Wildman–Crippen LogP) is 3.51. The molecule has 0 fully saturated rings. The topological polar surface area (TPSA) is 92.7 Å². The fraction of sp³-hybridized carbons (Fsp3) is 0.400. The number of hydrogen-bond donors (Lipinski definition) is 2. The minimum absolute atomic E-state index is 0. The van der Waals surface area contributed by atoms with Crippen LogP contribution in [0, 0.1) is 5.82 Å². The van der Waals surface area contributed by atoms with Gasteiger partial charge >= 0.3 is 0 Å². The molecule has 166 valence electrons. The first-order valence-electron chi connectivity index (χ1n) is 9.36. The lowest BCUT2D eigenvalue weighted by Gasteiger charge is -2.17. The van der Waals surface area contributed by atoms with E-state index in [1.807, 2.05) is 19.9 Å². The second-order valence-electron chi connectivity index (χ2n) is 6.69. The zero-order valence-corrected chi connectivity index (χ0v) is 20.4. The molecule has 10 heteroatoms. The quantitative estimate of drug-likeness (QED) is 0.282. The van der Waals surface area contributed by atoms with Gasteiger partial charge in [-0.25, -0.2) is 22.8 Å². The van der Waals surface area contributed by atoms with E-state index in [1.54, 1.807) is 24.4 Å². The number of aromatic nitrogens is 1. The summed E-state index contributed by atoms with van der Waals surface area (Å²) in [6.45, 7) is 4.79. The van der Waals surface area contributed by atoms with E-state index in [0.29, 0.717) is 30.6 Å². The summed E-state index contributed by atoms with van der Waals surface area (Å²) in [7, 11) is -3.01. The first kappa shape index (κ1) is 26.1. The second-order valence-corrected chi connectivity index (χ2v) is 8.95. The van der Waals surface area contributed by atoms with Crippen LogP contribution in [0.25, 0.3) is 0 Å². The van der Waals surface area contributed by atoms with Crippen LogP contribution in [0.4, 0.5) is 4.39 Å². The van der Waals surface area contributed by atoms with E-state index in [-0.39, 0.29) is 48.1 Å². The Hall–Kier alpha value is -1.95. The molecule has 1 aromatic heterocycles. The van der Waals surface area contributed by atoms with Gasteiger partial charge in [-0.15, -0.1) is 24.0 Å². The average Bonchev–Trinajstić information content (AvgIpc) is 2.65. The van der Waals surface area contributed by atoms with Gasteiger partial charge in [-0.05, 0) is 38.5 Å². The molecule has 7 nitrogen and oxygen atoms in total. The third-order valence-corrected chi connectivity index (χ3v) is 4.89. The van der Waals surface area contributed by atoms with Crippen molar-refractivity contribution >= 4 is 39.8 Å². The summed E-state index contributed by atoms with van der Waals surface area (Å²) in [4.78, 5) is 8.76. The van der Waals surface area contributed by atoms with E-state index in [9.17, 15) is 12.8 Å². The molecule has 0 saturated carbocycles. The van der Waals surface area contributed by atoms with Crippen LogP contribution in [0.2, 0.25) is 0 Å². The fourth-order valence-corrected chi connectivity index (χ4v) is 3.24. The van der Waals surface area contributed by atoms with Gasteiger partial charge in [0.05, 0.1) is 12.3 Å². The zero-order chi connectivity index (χ0) is 21.3. The Kier molecular flexibility index (Phi) is 11.0. The summed E-state index contributed by atoms with van der Waals surface area (Å²) in [5.74, 6) is 0.986. The first-order chi connectivity index (χ1) is 13.8.